The Morgan fingerprint density at radius 3 is 2.19 bits per heavy atom. The number of nitrogens with one attached hydrogen (secondary N) is 3. The molecule has 0 aliphatic heterocycles. The Hall–Kier alpha value is -3.08. The van der Waals surface area contributed by atoms with E-state index in [9.17, 15) is 4.79 Å². The van der Waals surface area contributed by atoms with E-state index in [2.05, 4.69) is 46.8 Å². The molecule has 5 nitrogen and oxygen atoms in total. The SMILES string of the molecule is CCCCCCC(=O)NCCCCCNc1nc(-c2ccccc2)c(-c2ccccc2)[nH]1. The van der Waals surface area contributed by atoms with Gasteiger partial charge in [0.25, 0.3) is 0 Å². The number of nitrogens with zero attached hydrogens (tertiary/aromatic N) is 1. The summed E-state index contributed by atoms with van der Waals surface area (Å²) < 4.78 is 0. The van der Waals surface area contributed by atoms with Crippen LogP contribution in [0, 0.1) is 0 Å². The average molecular weight is 433 g/mol. The van der Waals surface area contributed by atoms with Crippen molar-refractivity contribution in [3.05, 3.63) is 60.7 Å². The van der Waals surface area contributed by atoms with Gasteiger partial charge in [0.15, 0.2) is 0 Å². The molecule has 0 spiro atoms. The van der Waals surface area contributed by atoms with E-state index in [4.69, 9.17) is 4.98 Å². The van der Waals surface area contributed by atoms with Crippen molar-refractivity contribution in [2.45, 2.75) is 58.3 Å². The predicted octanol–water partition coefficient (Wildman–Crippen LogP) is 6.41. The number of hydrogen-bond acceptors (Lipinski definition) is 3. The van der Waals surface area contributed by atoms with E-state index < -0.39 is 0 Å². The van der Waals surface area contributed by atoms with Gasteiger partial charge in [-0.3, -0.25) is 4.79 Å². The number of carbonyl (C=O) groups excluding carboxylic acids is 1. The van der Waals surface area contributed by atoms with Gasteiger partial charge in [0.1, 0.15) is 0 Å². The number of aromatic nitrogens is 2. The number of anilines is 1. The van der Waals surface area contributed by atoms with Gasteiger partial charge in [0.2, 0.25) is 11.9 Å². The van der Waals surface area contributed by atoms with Gasteiger partial charge in [-0.2, -0.15) is 0 Å². The molecule has 1 amide bonds. The van der Waals surface area contributed by atoms with Crippen molar-refractivity contribution in [2.24, 2.45) is 0 Å². The molecule has 3 N–H and O–H groups in total. The Labute approximate surface area is 192 Å². The van der Waals surface area contributed by atoms with Crippen LogP contribution < -0.4 is 10.6 Å². The maximum absolute atomic E-state index is 11.8. The highest BCUT2D eigenvalue weighted by atomic mass is 16.1. The topological polar surface area (TPSA) is 69.8 Å². The quantitative estimate of drug-likeness (QED) is 0.258. The molecule has 0 saturated heterocycles. The lowest BCUT2D eigenvalue weighted by Gasteiger charge is -2.06. The third-order valence-electron chi connectivity index (χ3n) is 5.54. The van der Waals surface area contributed by atoms with Crippen LogP contribution in [0.5, 0.6) is 0 Å². The van der Waals surface area contributed by atoms with Crippen LogP contribution in [-0.2, 0) is 4.79 Å². The second-order valence-corrected chi connectivity index (χ2v) is 8.19. The minimum atomic E-state index is 0.191. The minimum absolute atomic E-state index is 0.191. The molecule has 0 unspecified atom stereocenters. The van der Waals surface area contributed by atoms with Crippen molar-refractivity contribution in [3.8, 4) is 22.5 Å². The van der Waals surface area contributed by atoms with E-state index in [0.717, 1.165) is 73.7 Å². The van der Waals surface area contributed by atoms with Crippen LogP contribution in [0.3, 0.4) is 0 Å². The first-order valence-electron chi connectivity index (χ1n) is 12.0. The molecule has 3 rings (SSSR count). The fourth-order valence-corrected chi connectivity index (χ4v) is 3.74. The molecule has 3 aromatic rings. The number of rotatable bonds is 14. The smallest absolute Gasteiger partial charge is 0.219 e. The second kappa shape index (κ2) is 13.4. The van der Waals surface area contributed by atoms with Crippen LogP contribution in [0.4, 0.5) is 5.95 Å². The Bertz CT molecular complexity index is 864. The summed E-state index contributed by atoms with van der Waals surface area (Å²) in [6, 6.07) is 20.6. The third-order valence-corrected chi connectivity index (χ3v) is 5.54. The standard InChI is InChI=1S/C27H36N4O/c1-2-3-4-12-19-24(32)28-20-13-7-14-21-29-27-30-25(22-15-8-5-9-16-22)26(31-27)23-17-10-6-11-18-23/h5-6,8-11,15-18H,2-4,7,12-14,19-21H2,1H3,(H,28,32)(H2,29,30,31). The summed E-state index contributed by atoms with van der Waals surface area (Å²) in [5, 5.41) is 6.47. The van der Waals surface area contributed by atoms with Crippen LogP contribution in [0.2, 0.25) is 0 Å². The van der Waals surface area contributed by atoms with Crippen LogP contribution in [0.1, 0.15) is 58.3 Å². The normalized spacial score (nSPS) is 10.8. The van der Waals surface area contributed by atoms with E-state index >= 15 is 0 Å². The molecule has 0 atom stereocenters. The number of unbranched alkanes of at least 4 members (excludes halogenated alkanes) is 5. The van der Waals surface area contributed by atoms with Crippen molar-refractivity contribution in [1.29, 1.82) is 0 Å². The first-order valence-corrected chi connectivity index (χ1v) is 12.0. The summed E-state index contributed by atoms with van der Waals surface area (Å²) in [6.45, 7) is 3.80. The van der Waals surface area contributed by atoms with Gasteiger partial charge in [-0.15, -0.1) is 0 Å². The average Bonchev–Trinajstić information content (AvgIpc) is 3.27. The number of amides is 1. The number of hydrogen-bond donors (Lipinski definition) is 3. The van der Waals surface area contributed by atoms with Gasteiger partial charge in [-0.25, -0.2) is 4.98 Å². The van der Waals surface area contributed by atoms with Crippen LogP contribution in [0.15, 0.2) is 60.7 Å². The molecule has 1 heterocycles. The molecular weight excluding hydrogens is 396 g/mol. The molecule has 0 fully saturated rings. The fourth-order valence-electron chi connectivity index (χ4n) is 3.74. The Morgan fingerprint density at radius 2 is 1.47 bits per heavy atom. The third kappa shape index (κ3) is 7.56. The lowest BCUT2D eigenvalue weighted by Crippen LogP contribution is -2.24. The Morgan fingerprint density at radius 1 is 0.812 bits per heavy atom. The highest BCUT2D eigenvalue weighted by molar-refractivity contribution is 5.80. The first kappa shape index (κ1) is 23.6. The van der Waals surface area contributed by atoms with Crippen LogP contribution in [0.25, 0.3) is 22.5 Å². The minimum Gasteiger partial charge on any atom is -0.356 e. The van der Waals surface area contributed by atoms with Crippen molar-refractivity contribution in [3.63, 3.8) is 0 Å². The van der Waals surface area contributed by atoms with Crippen molar-refractivity contribution < 1.29 is 4.79 Å². The van der Waals surface area contributed by atoms with Gasteiger partial charge < -0.3 is 15.6 Å². The van der Waals surface area contributed by atoms with E-state index in [1.807, 2.05) is 36.4 Å². The number of imidazole rings is 1. The zero-order valence-corrected chi connectivity index (χ0v) is 19.2. The zero-order chi connectivity index (χ0) is 22.4. The zero-order valence-electron chi connectivity index (χ0n) is 19.2. The molecule has 0 saturated carbocycles. The molecule has 32 heavy (non-hydrogen) atoms. The molecule has 0 aliphatic carbocycles. The number of carbonyl (C=O) groups is 1. The van der Waals surface area contributed by atoms with E-state index in [1.165, 1.54) is 12.8 Å². The molecule has 0 radical (unpaired) electrons. The number of benzene rings is 2. The summed E-state index contributed by atoms with van der Waals surface area (Å²) in [6.07, 6.45) is 8.35. The van der Waals surface area contributed by atoms with E-state index in [-0.39, 0.29) is 5.91 Å². The number of H-pyrrole nitrogens is 1. The molecule has 170 valence electrons. The first-order chi connectivity index (χ1) is 15.8. The second-order valence-electron chi connectivity index (χ2n) is 8.19. The highest BCUT2D eigenvalue weighted by Gasteiger charge is 2.13. The van der Waals surface area contributed by atoms with Gasteiger partial charge in [0, 0.05) is 30.6 Å². The summed E-state index contributed by atoms with van der Waals surface area (Å²) >= 11 is 0. The number of aromatic amines is 1. The molecule has 5 heteroatoms. The fraction of sp³-hybridized carbons (Fsp3) is 0.407. The maximum atomic E-state index is 11.8. The van der Waals surface area contributed by atoms with E-state index in [1.54, 1.807) is 0 Å². The largest absolute Gasteiger partial charge is 0.356 e. The molecule has 1 aromatic heterocycles. The van der Waals surface area contributed by atoms with Gasteiger partial charge in [-0.05, 0) is 25.7 Å². The van der Waals surface area contributed by atoms with Gasteiger partial charge in [-0.1, -0.05) is 86.8 Å². The lowest BCUT2D eigenvalue weighted by molar-refractivity contribution is -0.121. The van der Waals surface area contributed by atoms with Crippen molar-refractivity contribution in [1.82, 2.24) is 15.3 Å². The summed E-state index contributed by atoms with van der Waals surface area (Å²) in [7, 11) is 0. The molecular formula is C27H36N4O. The van der Waals surface area contributed by atoms with Gasteiger partial charge in [0.05, 0.1) is 11.4 Å². The predicted molar refractivity (Wildman–Crippen MR) is 134 cm³/mol. The monoisotopic (exact) mass is 432 g/mol. The van der Waals surface area contributed by atoms with Crippen LogP contribution >= 0.6 is 0 Å². The lowest BCUT2D eigenvalue weighted by atomic mass is 10.1. The molecule has 2 aromatic carbocycles. The van der Waals surface area contributed by atoms with E-state index in [0.29, 0.717) is 6.42 Å². The molecule has 0 bridgehead atoms. The Kier molecular flexibility index (Phi) is 9.84. The van der Waals surface area contributed by atoms with Crippen LogP contribution in [-0.4, -0.2) is 29.0 Å². The summed E-state index contributed by atoms with van der Waals surface area (Å²) in [5.41, 5.74) is 4.21. The highest BCUT2D eigenvalue weighted by Crippen LogP contribution is 2.31. The summed E-state index contributed by atoms with van der Waals surface area (Å²) in [4.78, 5) is 20.1. The Balaban J connectivity index is 1.43. The van der Waals surface area contributed by atoms with Gasteiger partial charge >= 0.3 is 0 Å². The summed E-state index contributed by atoms with van der Waals surface area (Å²) in [5.74, 6) is 0.986. The van der Waals surface area contributed by atoms with Crippen molar-refractivity contribution in [2.75, 3.05) is 18.4 Å². The van der Waals surface area contributed by atoms with Crippen molar-refractivity contribution >= 4 is 11.9 Å². The molecule has 0 aliphatic rings. The maximum Gasteiger partial charge on any atom is 0.219 e.